The monoisotopic (exact) mass is 500 g/mol. The van der Waals surface area contributed by atoms with Gasteiger partial charge in [0.05, 0.1) is 18.1 Å². The lowest BCUT2D eigenvalue weighted by Gasteiger charge is -2.25. The van der Waals surface area contributed by atoms with Crippen LogP contribution in [-0.2, 0) is 16.1 Å². The van der Waals surface area contributed by atoms with Crippen LogP contribution in [0, 0.1) is 5.41 Å². The summed E-state index contributed by atoms with van der Waals surface area (Å²) in [5.74, 6) is -1.85. The summed E-state index contributed by atoms with van der Waals surface area (Å²) < 4.78 is 10.8. The SMILES string of the molecule is CN(CCO)C(=O)c1nc([C@@H]2CCCN2C(=O)OCc2ccccc2)[nH]c(=O)c1OC(=O)C(C)(C)C. The van der Waals surface area contributed by atoms with E-state index >= 15 is 0 Å². The van der Waals surface area contributed by atoms with Gasteiger partial charge in [-0.25, -0.2) is 9.78 Å². The summed E-state index contributed by atoms with van der Waals surface area (Å²) >= 11 is 0. The number of likely N-dealkylation sites (tertiary alicyclic amines) is 1. The van der Waals surface area contributed by atoms with Gasteiger partial charge in [-0.05, 0) is 39.2 Å². The van der Waals surface area contributed by atoms with E-state index in [1.165, 1.54) is 16.8 Å². The second-order valence-corrected chi connectivity index (χ2v) is 9.61. The maximum atomic E-state index is 13.1. The molecule has 1 aliphatic rings. The Morgan fingerprint density at radius 2 is 1.92 bits per heavy atom. The number of aliphatic hydroxyl groups excluding tert-OH is 1. The normalized spacial score (nSPS) is 15.5. The molecule has 1 aromatic carbocycles. The van der Waals surface area contributed by atoms with Gasteiger partial charge in [-0.15, -0.1) is 0 Å². The Hall–Kier alpha value is -3.73. The van der Waals surface area contributed by atoms with Gasteiger partial charge in [0.1, 0.15) is 12.4 Å². The Bertz CT molecular complexity index is 1160. The fourth-order valence-electron chi connectivity index (χ4n) is 3.63. The molecule has 1 aliphatic heterocycles. The second-order valence-electron chi connectivity index (χ2n) is 9.61. The van der Waals surface area contributed by atoms with Gasteiger partial charge in [0, 0.05) is 20.1 Å². The molecule has 3 rings (SSSR count). The van der Waals surface area contributed by atoms with Crippen LogP contribution >= 0.6 is 0 Å². The summed E-state index contributed by atoms with van der Waals surface area (Å²) in [6.07, 6.45) is 0.561. The van der Waals surface area contributed by atoms with Gasteiger partial charge in [0.15, 0.2) is 5.69 Å². The van der Waals surface area contributed by atoms with E-state index in [9.17, 15) is 24.3 Å². The molecule has 2 aromatic rings. The van der Waals surface area contributed by atoms with Gasteiger partial charge in [-0.2, -0.15) is 0 Å². The lowest BCUT2D eigenvalue weighted by Crippen LogP contribution is -2.37. The number of aromatic nitrogens is 2. The second kappa shape index (κ2) is 11.3. The minimum atomic E-state index is -0.937. The molecule has 0 saturated carbocycles. The highest BCUT2D eigenvalue weighted by Gasteiger charge is 2.36. The number of nitrogens with one attached hydrogen (secondary N) is 1. The Morgan fingerprint density at radius 3 is 2.56 bits per heavy atom. The molecule has 0 spiro atoms. The Kier molecular flexibility index (Phi) is 8.46. The third-order valence-electron chi connectivity index (χ3n) is 5.70. The first-order valence-electron chi connectivity index (χ1n) is 11.7. The molecule has 2 heterocycles. The number of aromatic amines is 1. The van der Waals surface area contributed by atoms with Gasteiger partial charge in [-0.3, -0.25) is 19.3 Å². The number of hydrogen-bond donors (Lipinski definition) is 2. The van der Waals surface area contributed by atoms with Crippen LogP contribution in [0.2, 0.25) is 0 Å². The highest BCUT2D eigenvalue weighted by atomic mass is 16.6. The van der Waals surface area contributed by atoms with Crippen LogP contribution in [0.1, 0.15) is 61.5 Å². The van der Waals surface area contributed by atoms with Crippen LogP contribution in [-0.4, -0.2) is 69.6 Å². The topological polar surface area (TPSA) is 142 Å². The molecule has 0 unspecified atom stereocenters. The van der Waals surface area contributed by atoms with Crippen LogP contribution < -0.4 is 10.3 Å². The Labute approximate surface area is 209 Å². The van der Waals surface area contributed by atoms with Crippen molar-refractivity contribution in [2.75, 3.05) is 26.7 Å². The molecule has 1 atom stereocenters. The number of hydrogen-bond acceptors (Lipinski definition) is 8. The maximum Gasteiger partial charge on any atom is 0.410 e. The van der Waals surface area contributed by atoms with Gasteiger partial charge in [0.2, 0.25) is 5.75 Å². The summed E-state index contributed by atoms with van der Waals surface area (Å²) in [4.78, 5) is 61.0. The number of nitrogens with zero attached hydrogens (tertiary/aromatic N) is 3. The summed E-state index contributed by atoms with van der Waals surface area (Å²) in [6, 6.07) is 8.60. The van der Waals surface area contributed by atoms with Gasteiger partial charge in [-0.1, -0.05) is 30.3 Å². The summed E-state index contributed by atoms with van der Waals surface area (Å²) in [5.41, 5.74) is -1.29. The molecule has 36 heavy (non-hydrogen) atoms. The summed E-state index contributed by atoms with van der Waals surface area (Å²) in [7, 11) is 1.43. The number of benzene rings is 1. The molecule has 11 nitrogen and oxygen atoms in total. The highest BCUT2D eigenvalue weighted by Crippen LogP contribution is 2.31. The number of ether oxygens (including phenoxy) is 2. The van der Waals surface area contributed by atoms with Crippen LogP contribution in [0.3, 0.4) is 0 Å². The van der Waals surface area contributed by atoms with Crippen LogP contribution in [0.4, 0.5) is 4.79 Å². The van der Waals surface area contributed by atoms with Gasteiger partial charge >= 0.3 is 12.1 Å². The zero-order valence-electron chi connectivity index (χ0n) is 20.9. The van der Waals surface area contributed by atoms with Crippen molar-refractivity contribution < 1.29 is 29.0 Å². The van der Waals surface area contributed by atoms with E-state index in [4.69, 9.17) is 9.47 Å². The number of rotatable bonds is 7. The molecule has 194 valence electrons. The number of amides is 2. The van der Waals surface area contributed by atoms with Gasteiger partial charge < -0.3 is 24.5 Å². The third-order valence-corrected chi connectivity index (χ3v) is 5.70. The van der Waals surface area contributed by atoms with Crippen molar-refractivity contribution in [1.82, 2.24) is 19.8 Å². The zero-order chi connectivity index (χ0) is 26.5. The first-order chi connectivity index (χ1) is 17.0. The number of carbonyl (C=O) groups is 3. The number of esters is 1. The van der Waals surface area contributed by atoms with E-state index < -0.39 is 40.7 Å². The molecule has 0 bridgehead atoms. The van der Waals surface area contributed by atoms with E-state index in [0.29, 0.717) is 19.4 Å². The van der Waals surface area contributed by atoms with Crippen molar-refractivity contribution >= 4 is 18.0 Å². The first kappa shape index (κ1) is 26.9. The maximum absolute atomic E-state index is 13.1. The van der Waals surface area contributed by atoms with Crippen LogP contribution in [0.15, 0.2) is 35.1 Å². The van der Waals surface area contributed by atoms with E-state index in [-0.39, 0.29) is 31.3 Å². The van der Waals surface area contributed by atoms with E-state index in [1.807, 2.05) is 30.3 Å². The van der Waals surface area contributed by atoms with E-state index in [1.54, 1.807) is 20.8 Å². The largest absolute Gasteiger partial charge is 0.445 e. The van der Waals surface area contributed by atoms with Gasteiger partial charge in [0.25, 0.3) is 11.5 Å². The lowest BCUT2D eigenvalue weighted by atomic mass is 9.97. The summed E-state index contributed by atoms with van der Waals surface area (Å²) in [5, 5.41) is 9.24. The molecule has 0 radical (unpaired) electrons. The summed E-state index contributed by atoms with van der Waals surface area (Å²) in [6.45, 7) is 4.99. The van der Waals surface area contributed by atoms with Crippen molar-refractivity contribution in [3.05, 3.63) is 57.8 Å². The smallest absolute Gasteiger partial charge is 0.410 e. The van der Waals surface area contributed by atoms with Crippen LogP contribution in [0.5, 0.6) is 5.75 Å². The average Bonchev–Trinajstić information content (AvgIpc) is 3.33. The lowest BCUT2D eigenvalue weighted by molar-refractivity contribution is -0.143. The standard InChI is InChI=1S/C25H32N4O7/c1-25(2,3)23(33)36-19-18(22(32)28(4)13-14-30)26-20(27-21(19)31)17-11-8-12-29(17)24(34)35-15-16-9-6-5-7-10-16/h5-7,9-10,17,30H,8,11-15H2,1-4H3,(H,26,27,31)/t17-/m0/s1. The molecule has 0 aliphatic carbocycles. The quantitative estimate of drug-likeness (QED) is 0.552. The first-order valence-corrected chi connectivity index (χ1v) is 11.7. The highest BCUT2D eigenvalue weighted by molar-refractivity contribution is 5.95. The Morgan fingerprint density at radius 1 is 1.22 bits per heavy atom. The molecular weight excluding hydrogens is 468 g/mol. The Balaban J connectivity index is 1.92. The molecule has 1 aromatic heterocycles. The molecular formula is C25H32N4O7. The van der Waals surface area contributed by atoms with E-state index in [2.05, 4.69) is 9.97 Å². The fraction of sp³-hybridized carbons (Fsp3) is 0.480. The predicted molar refractivity (Wildman–Crippen MR) is 129 cm³/mol. The third kappa shape index (κ3) is 6.28. The molecule has 11 heteroatoms. The number of aliphatic hydroxyl groups is 1. The van der Waals surface area contributed by atoms with E-state index in [0.717, 1.165) is 5.56 Å². The molecule has 2 amide bonds. The molecule has 1 fully saturated rings. The molecule has 2 N–H and O–H groups in total. The minimum Gasteiger partial charge on any atom is -0.445 e. The van der Waals surface area contributed by atoms with Crippen molar-refractivity contribution in [2.45, 2.75) is 46.3 Å². The fourth-order valence-corrected chi connectivity index (χ4v) is 3.63. The number of carbonyl (C=O) groups excluding carboxylic acids is 3. The van der Waals surface area contributed by atoms with Crippen molar-refractivity contribution in [3.8, 4) is 5.75 Å². The average molecular weight is 501 g/mol. The number of H-pyrrole nitrogens is 1. The van der Waals surface area contributed by atoms with Crippen molar-refractivity contribution in [1.29, 1.82) is 0 Å². The number of likely N-dealkylation sites (N-methyl/N-ethyl adjacent to an activating group) is 1. The van der Waals surface area contributed by atoms with Crippen molar-refractivity contribution in [2.24, 2.45) is 5.41 Å². The molecule has 1 saturated heterocycles. The van der Waals surface area contributed by atoms with Crippen LogP contribution in [0.25, 0.3) is 0 Å². The minimum absolute atomic E-state index is 0.0172. The van der Waals surface area contributed by atoms with Crippen molar-refractivity contribution in [3.63, 3.8) is 0 Å². The predicted octanol–water partition coefficient (Wildman–Crippen LogP) is 2.26. The zero-order valence-corrected chi connectivity index (χ0v) is 20.9.